The van der Waals surface area contributed by atoms with E-state index in [1.54, 1.807) is 6.07 Å². The fraction of sp³-hybridized carbons (Fsp3) is 0.154. The number of carbonyl (C=O) groups is 1. The van der Waals surface area contributed by atoms with Gasteiger partial charge in [0, 0.05) is 10.9 Å². The largest absolute Gasteiger partial charge is 0.355 e. The monoisotopic (exact) mass is 305 g/mol. The normalized spacial score (nSPS) is 10.7. The number of amides is 1. The van der Waals surface area contributed by atoms with Gasteiger partial charge in [0.05, 0.1) is 10.6 Å². The van der Waals surface area contributed by atoms with Crippen LogP contribution in [0.3, 0.4) is 0 Å². The minimum Gasteiger partial charge on any atom is -0.355 e. The number of carbonyl (C=O) groups excluding carboxylic acids is 1. The van der Waals surface area contributed by atoms with E-state index >= 15 is 0 Å². The van der Waals surface area contributed by atoms with Gasteiger partial charge in [0.1, 0.15) is 0 Å². The fourth-order valence-electron chi connectivity index (χ4n) is 1.60. The molecule has 3 aromatic rings. The second-order valence-electron chi connectivity index (χ2n) is 4.17. The Kier molecular flexibility index (Phi) is 3.37. The van der Waals surface area contributed by atoms with Crippen LogP contribution >= 0.6 is 22.7 Å². The molecule has 5 nitrogen and oxygen atoms in total. The molecule has 3 aromatic heterocycles. The zero-order chi connectivity index (χ0) is 14.1. The second kappa shape index (κ2) is 5.18. The highest BCUT2D eigenvalue weighted by molar-refractivity contribution is 7.15. The molecule has 7 heteroatoms. The molecule has 0 unspecified atom stereocenters. The van der Waals surface area contributed by atoms with Crippen LogP contribution < -0.4 is 5.32 Å². The first-order valence-electron chi connectivity index (χ1n) is 5.89. The zero-order valence-electron chi connectivity index (χ0n) is 10.8. The Morgan fingerprint density at radius 1 is 1.40 bits per heavy atom. The van der Waals surface area contributed by atoms with Crippen molar-refractivity contribution in [1.29, 1.82) is 0 Å². The van der Waals surface area contributed by atoms with E-state index in [-0.39, 0.29) is 11.6 Å². The lowest BCUT2D eigenvalue weighted by Crippen LogP contribution is -2.11. The molecule has 0 aromatic carbocycles. The molecule has 0 aliphatic carbocycles. The molecule has 0 aliphatic rings. The van der Waals surface area contributed by atoms with Crippen molar-refractivity contribution in [2.75, 3.05) is 5.32 Å². The molecule has 0 saturated heterocycles. The second-order valence-corrected chi connectivity index (χ2v) is 6.32. The number of nitrogens with zero attached hydrogens (tertiary/aromatic N) is 2. The SMILES string of the molecule is Cc1nc(NC(=O)c2cc(-c3cccs3)on2)sc1C. The number of hydrogen-bond acceptors (Lipinski definition) is 6. The summed E-state index contributed by atoms with van der Waals surface area (Å²) in [6.45, 7) is 3.88. The Labute approximate surface area is 123 Å². The van der Waals surface area contributed by atoms with E-state index in [0.717, 1.165) is 15.4 Å². The highest BCUT2D eigenvalue weighted by Gasteiger charge is 2.16. The molecule has 0 atom stereocenters. The molecule has 0 fully saturated rings. The van der Waals surface area contributed by atoms with Crippen LogP contribution in [0.2, 0.25) is 0 Å². The average Bonchev–Trinajstić information content (AvgIpc) is 3.12. The molecule has 0 saturated carbocycles. The highest BCUT2D eigenvalue weighted by atomic mass is 32.1. The van der Waals surface area contributed by atoms with Crippen molar-refractivity contribution in [3.63, 3.8) is 0 Å². The molecule has 0 spiro atoms. The number of thiophene rings is 1. The van der Waals surface area contributed by atoms with E-state index in [9.17, 15) is 4.79 Å². The summed E-state index contributed by atoms with van der Waals surface area (Å²) in [4.78, 5) is 18.3. The predicted octanol–water partition coefficient (Wildman–Crippen LogP) is 3.73. The van der Waals surface area contributed by atoms with E-state index in [0.29, 0.717) is 10.9 Å². The van der Waals surface area contributed by atoms with Crippen molar-refractivity contribution in [1.82, 2.24) is 10.1 Å². The van der Waals surface area contributed by atoms with Gasteiger partial charge in [0.25, 0.3) is 5.91 Å². The van der Waals surface area contributed by atoms with E-state index in [1.165, 1.54) is 22.7 Å². The van der Waals surface area contributed by atoms with Gasteiger partial charge in [0.15, 0.2) is 16.6 Å². The summed E-state index contributed by atoms with van der Waals surface area (Å²) in [7, 11) is 0. The smallest absolute Gasteiger partial charge is 0.279 e. The summed E-state index contributed by atoms with van der Waals surface area (Å²) in [6.07, 6.45) is 0. The van der Waals surface area contributed by atoms with Gasteiger partial charge in [-0.05, 0) is 25.3 Å². The maximum Gasteiger partial charge on any atom is 0.279 e. The van der Waals surface area contributed by atoms with Gasteiger partial charge in [-0.2, -0.15) is 0 Å². The van der Waals surface area contributed by atoms with Gasteiger partial charge in [-0.15, -0.1) is 22.7 Å². The Morgan fingerprint density at radius 3 is 2.90 bits per heavy atom. The molecule has 0 radical (unpaired) electrons. The molecule has 1 amide bonds. The number of rotatable bonds is 3. The summed E-state index contributed by atoms with van der Waals surface area (Å²) in [5.74, 6) is 0.280. The van der Waals surface area contributed by atoms with Crippen molar-refractivity contribution >= 4 is 33.7 Å². The topological polar surface area (TPSA) is 68.0 Å². The molecule has 3 heterocycles. The lowest BCUT2D eigenvalue weighted by Gasteiger charge is -1.95. The Hall–Kier alpha value is -1.99. The van der Waals surface area contributed by atoms with E-state index in [2.05, 4.69) is 15.5 Å². The average molecular weight is 305 g/mol. The third-order valence-electron chi connectivity index (χ3n) is 2.76. The number of nitrogens with one attached hydrogen (secondary N) is 1. The lowest BCUT2D eigenvalue weighted by atomic mass is 10.3. The number of aromatic nitrogens is 2. The van der Waals surface area contributed by atoms with Gasteiger partial charge in [-0.25, -0.2) is 4.98 Å². The third-order valence-corrected chi connectivity index (χ3v) is 4.63. The number of aryl methyl sites for hydroxylation is 2. The Morgan fingerprint density at radius 2 is 2.25 bits per heavy atom. The molecule has 1 N–H and O–H groups in total. The van der Waals surface area contributed by atoms with Crippen LogP contribution in [0, 0.1) is 13.8 Å². The summed E-state index contributed by atoms with van der Waals surface area (Å²) >= 11 is 2.98. The molecule has 20 heavy (non-hydrogen) atoms. The summed E-state index contributed by atoms with van der Waals surface area (Å²) in [6, 6.07) is 5.47. The molecule has 102 valence electrons. The van der Waals surface area contributed by atoms with Crippen molar-refractivity contribution in [3.05, 3.63) is 39.8 Å². The maximum atomic E-state index is 12.1. The van der Waals surface area contributed by atoms with E-state index in [4.69, 9.17) is 4.52 Å². The predicted molar refractivity (Wildman–Crippen MR) is 79.4 cm³/mol. The van der Waals surface area contributed by atoms with Gasteiger partial charge in [0.2, 0.25) is 0 Å². The van der Waals surface area contributed by atoms with Gasteiger partial charge in [-0.3, -0.25) is 10.1 Å². The number of hydrogen-bond donors (Lipinski definition) is 1. The van der Waals surface area contributed by atoms with Crippen molar-refractivity contribution in [2.45, 2.75) is 13.8 Å². The number of thiazole rings is 1. The molecule has 0 bridgehead atoms. The molecular formula is C13H11N3O2S2. The van der Waals surface area contributed by atoms with Crippen LogP contribution in [0.4, 0.5) is 5.13 Å². The van der Waals surface area contributed by atoms with E-state index in [1.807, 2.05) is 31.4 Å². The van der Waals surface area contributed by atoms with Crippen LogP contribution in [0.1, 0.15) is 21.1 Å². The first-order chi connectivity index (χ1) is 9.63. The Balaban J connectivity index is 1.77. The lowest BCUT2D eigenvalue weighted by molar-refractivity contribution is 0.101. The summed E-state index contributed by atoms with van der Waals surface area (Å²) in [5, 5.41) is 9.04. The van der Waals surface area contributed by atoms with Gasteiger partial charge >= 0.3 is 0 Å². The summed E-state index contributed by atoms with van der Waals surface area (Å²) < 4.78 is 5.18. The first kappa shape index (κ1) is 13.0. The van der Waals surface area contributed by atoms with Crippen LogP contribution in [0.5, 0.6) is 0 Å². The Bertz CT molecular complexity index is 724. The summed E-state index contributed by atoms with van der Waals surface area (Å²) in [5.41, 5.74) is 1.17. The van der Waals surface area contributed by atoms with Crippen molar-refractivity contribution in [2.24, 2.45) is 0 Å². The maximum absolute atomic E-state index is 12.1. The minimum absolute atomic E-state index is 0.249. The van der Waals surface area contributed by atoms with Crippen LogP contribution in [0.25, 0.3) is 10.6 Å². The van der Waals surface area contributed by atoms with Gasteiger partial charge in [-0.1, -0.05) is 11.2 Å². The number of anilines is 1. The molecule has 3 rings (SSSR count). The van der Waals surface area contributed by atoms with Gasteiger partial charge < -0.3 is 4.52 Å². The van der Waals surface area contributed by atoms with Crippen molar-refractivity contribution < 1.29 is 9.32 Å². The van der Waals surface area contributed by atoms with E-state index < -0.39 is 0 Å². The van der Waals surface area contributed by atoms with Crippen molar-refractivity contribution in [3.8, 4) is 10.6 Å². The fourth-order valence-corrected chi connectivity index (χ4v) is 3.09. The minimum atomic E-state index is -0.315. The molecular weight excluding hydrogens is 294 g/mol. The standard InChI is InChI=1S/C13H11N3O2S2/c1-7-8(2)20-13(14-7)15-12(17)9-6-10(18-16-9)11-4-3-5-19-11/h3-6H,1-2H3,(H,14,15,17). The third kappa shape index (κ3) is 2.50. The van der Waals surface area contributed by atoms with Crippen LogP contribution in [-0.2, 0) is 0 Å². The molecule has 0 aliphatic heterocycles. The quantitative estimate of drug-likeness (QED) is 0.800. The first-order valence-corrected chi connectivity index (χ1v) is 7.59. The highest BCUT2D eigenvalue weighted by Crippen LogP contribution is 2.26. The zero-order valence-corrected chi connectivity index (χ0v) is 12.5. The van der Waals surface area contributed by atoms with Crippen LogP contribution in [0.15, 0.2) is 28.1 Å². The van der Waals surface area contributed by atoms with Crippen LogP contribution in [-0.4, -0.2) is 16.0 Å².